The first kappa shape index (κ1) is 15.8. The van der Waals surface area contributed by atoms with Gasteiger partial charge in [0, 0.05) is 10.9 Å². The molecule has 0 aliphatic rings. The second-order valence-electron chi connectivity index (χ2n) is 5.56. The van der Waals surface area contributed by atoms with Gasteiger partial charge in [0.15, 0.2) is 0 Å². The molecule has 3 nitrogen and oxygen atoms in total. The molecular weight excluding hydrogens is 298 g/mol. The molecule has 0 bridgehead atoms. The molecular formula is C21H17NO2. The van der Waals surface area contributed by atoms with Crippen molar-refractivity contribution < 1.29 is 9.90 Å². The average Bonchev–Trinajstić information content (AvgIpc) is 2.61. The smallest absolute Gasteiger partial charge is 0.310 e. The van der Waals surface area contributed by atoms with E-state index in [9.17, 15) is 9.90 Å². The molecule has 0 aliphatic heterocycles. The van der Waals surface area contributed by atoms with E-state index in [0.717, 1.165) is 27.7 Å². The van der Waals surface area contributed by atoms with Gasteiger partial charge in [0.05, 0.1) is 11.4 Å². The Kier molecular flexibility index (Phi) is 4.58. The Hall–Kier alpha value is -3.12. The van der Waals surface area contributed by atoms with Crippen LogP contribution in [0.1, 0.15) is 36.1 Å². The van der Waals surface area contributed by atoms with Crippen molar-refractivity contribution in [1.82, 2.24) is 4.98 Å². The van der Waals surface area contributed by atoms with E-state index >= 15 is 0 Å². The van der Waals surface area contributed by atoms with E-state index in [2.05, 4.69) is 16.8 Å². The molecule has 3 aromatic rings. The maximum absolute atomic E-state index is 11.2. The minimum atomic E-state index is -0.795. The third-order valence-corrected chi connectivity index (χ3v) is 3.95. The summed E-state index contributed by atoms with van der Waals surface area (Å²) in [7, 11) is 0. The van der Waals surface area contributed by atoms with Gasteiger partial charge < -0.3 is 5.11 Å². The Morgan fingerprint density at radius 3 is 2.50 bits per heavy atom. The molecule has 3 heteroatoms. The van der Waals surface area contributed by atoms with E-state index in [1.165, 1.54) is 0 Å². The molecule has 0 aliphatic carbocycles. The van der Waals surface area contributed by atoms with Gasteiger partial charge in [-0.3, -0.25) is 4.79 Å². The molecule has 0 fully saturated rings. The van der Waals surface area contributed by atoms with Crippen molar-refractivity contribution >= 4 is 16.9 Å². The van der Waals surface area contributed by atoms with Crippen LogP contribution in [0.2, 0.25) is 0 Å². The highest BCUT2D eigenvalue weighted by atomic mass is 16.4. The van der Waals surface area contributed by atoms with Crippen LogP contribution in [0.4, 0.5) is 0 Å². The number of pyridine rings is 1. The predicted octanol–water partition coefficient (Wildman–Crippen LogP) is 4.21. The maximum Gasteiger partial charge on any atom is 0.310 e. The lowest BCUT2D eigenvalue weighted by Crippen LogP contribution is -2.10. The van der Waals surface area contributed by atoms with Gasteiger partial charge in [0.1, 0.15) is 5.69 Å². The summed E-state index contributed by atoms with van der Waals surface area (Å²) in [6.07, 6.45) is 0.571. The van der Waals surface area contributed by atoms with Gasteiger partial charge in [-0.2, -0.15) is 0 Å². The van der Waals surface area contributed by atoms with Crippen LogP contribution in [0.25, 0.3) is 10.9 Å². The molecule has 3 rings (SSSR count). The molecule has 1 heterocycles. The summed E-state index contributed by atoms with van der Waals surface area (Å²) in [5.41, 5.74) is 3.29. The van der Waals surface area contributed by atoms with Crippen LogP contribution in [0.5, 0.6) is 0 Å². The van der Waals surface area contributed by atoms with Crippen LogP contribution in [-0.2, 0) is 4.79 Å². The van der Waals surface area contributed by atoms with Gasteiger partial charge in [-0.15, -0.1) is 0 Å². The van der Waals surface area contributed by atoms with Crippen LogP contribution >= 0.6 is 0 Å². The minimum absolute atomic E-state index is 0.464. The zero-order valence-corrected chi connectivity index (χ0v) is 13.4. The van der Waals surface area contributed by atoms with Crippen molar-refractivity contribution in [2.75, 3.05) is 0 Å². The Morgan fingerprint density at radius 1 is 1.04 bits per heavy atom. The molecule has 1 aromatic heterocycles. The standard InChI is InChI=1S/C21H17NO2/c1-2-19(21(23)24)16-10-7-15(8-11-16)9-13-18-14-12-17-5-3-4-6-20(17)22-18/h3-8,10-12,14,19H,2H2,1H3,(H,23,24). The van der Waals surface area contributed by atoms with Crippen molar-refractivity contribution in [3.63, 3.8) is 0 Å². The van der Waals surface area contributed by atoms with Crippen LogP contribution in [0.15, 0.2) is 60.7 Å². The van der Waals surface area contributed by atoms with E-state index in [4.69, 9.17) is 0 Å². The first-order valence-electron chi connectivity index (χ1n) is 7.88. The summed E-state index contributed by atoms with van der Waals surface area (Å²) in [4.78, 5) is 15.7. The van der Waals surface area contributed by atoms with E-state index in [1.54, 1.807) is 0 Å². The molecule has 24 heavy (non-hydrogen) atoms. The zero-order valence-electron chi connectivity index (χ0n) is 13.4. The molecule has 0 amide bonds. The SMILES string of the molecule is CCC(C(=O)O)c1ccc(C#Cc2ccc3ccccc3n2)cc1. The number of rotatable bonds is 3. The lowest BCUT2D eigenvalue weighted by molar-refractivity contribution is -0.138. The fraction of sp³-hybridized carbons (Fsp3) is 0.143. The summed E-state index contributed by atoms with van der Waals surface area (Å²) in [5, 5.41) is 10.3. The van der Waals surface area contributed by atoms with Crippen molar-refractivity contribution in [2.24, 2.45) is 0 Å². The molecule has 0 spiro atoms. The zero-order chi connectivity index (χ0) is 16.9. The fourth-order valence-corrected chi connectivity index (χ4v) is 2.62. The van der Waals surface area contributed by atoms with Gasteiger partial charge in [0.25, 0.3) is 0 Å². The first-order chi connectivity index (χ1) is 11.7. The van der Waals surface area contributed by atoms with E-state index in [1.807, 2.05) is 67.6 Å². The largest absolute Gasteiger partial charge is 0.481 e. The highest BCUT2D eigenvalue weighted by Crippen LogP contribution is 2.20. The van der Waals surface area contributed by atoms with Gasteiger partial charge in [0.2, 0.25) is 0 Å². The molecule has 1 N–H and O–H groups in total. The summed E-state index contributed by atoms with van der Waals surface area (Å²) >= 11 is 0. The Balaban J connectivity index is 1.83. The summed E-state index contributed by atoms with van der Waals surface area (Å²) in [6, 6.07) is 19.2. The number of hydrogen-bond acceptors (Lipinski definition) is 2. The van der Waals surface area contributed by atoms with Crippen molar-refractivity contribution in [3.05, 3.63) is 77.5 Å². The van der Waals surface area contributed by atoms with E-state index in [-0.39, 0.29) is 0 Å². The van der Waals surface area contributed by atoms with Crippen LogP contribution in [0.3, 0.4) is 0 Å². The topological polar surface area (TPSA) is 50.2 Å². The molecule has 118 valence electrons. The van der Waals surface area contributed by atoms with Crippen molar-refractivity contribution in [2.45, 2.75) is 19.3 Å². The summed E-state index contributed by atoms with van der Waals surface area (Å²) in [5.74, 6) is 4.88. The average molecular weight is 315 g/mol. The number of nitrogens with zero attached hydrogens (tertiary/aromatic N) is 1. The third kappa shape index (κ3) is 3.44. The van der Waals surface area contributed by atoms with Crippen molar-refractivity contribution in [3.8, 4) is 11.8 Å². The highest BCUT2D eigenvalue weighted by Gasteiger charge is 2.16. The quantitative estimate of drug-likeness (QED) is 0.736. The number of carbonyl (C=O) groups is 1. The second-order valence-corrected chi connectivity index (χ2v) is 5.56. The third-order valence-electron chi connectivity index (χ3n) is 3.95. The van der Waals surface area contributed by atoms with E-state index in [0.29, 0.717) is 6.42 Å². The lowest BCUT2D eigenvalue weighted by Gasteiger charge is -2.09. The summed E-state index contributed by atoms with van der Waals surface area (Å²) < 4.78 is 0. The molecule has 1 unspecified atom stereocenters. The van der Waals surface area contributed by atoms with Gasteiger partial charge in [-0.1, -0.05) is 49.2 Å². The number of aromatic nitrogens is 1. The van der Waals surface area contributed by atoms with Gasteiger partial charge >= 0.3 is 5.97 Å². The van der Waals surface area contributed by atoms with Gasteiger partial charge in [-0.25, -0.2) is 4.98 Å². The normalized spacial score (nSPS) is 11.5. The number of aliphatic carboxylic acids is 1. The fourth-order valence-electron chi connectivity index (χ4n) is 2.62. The molecule has 1 atom stereocenters. The number of benzene rings is 2. The monoisotopic (exact) mass is 315 g/mol. The number of carboxylic acids is 1. The minimum Gasteiger partial charge on any atom is -0.481 e. The number of hydrogen-bond donors (Lipinski definition) is 1. The number of para-hydroxylation sites is 1. The van der Waals surface area contributed by atoms with E-state index < -0.39 is 11.9 Å². The lowest BCUT2D eigenvalue weighted by atomic mass is 9.96. The number of fused-ring (bicyclic) bond motifs is 1. The molecule has 0 radical (unpaired) electrons. The van der Waals surface area contributed by atoms with Crippen molar-refractivity contribution in [1.29, 1.82) is 0 Å². The second kappa shape index (κ2) is 6.97. The molecule has 0 saturated heterocycles. The Labute approximate surface area is 141 Å². The highest BCUT2D eigenvalue weighted by molar-refractivity contribution is 5.79. The number of carboxylic acid groups (broad SMARTS) is 1. The Bertz CT molecular complexity index is 933. The summed E-state index contributed by atoms with van der Waals surface area (Å²) in [6.45, 7) is 1.87. The van der Waals surface area contributed by atoms with Gasteiger partial charge in [-0.05, 0) is 42.2 Å². The maximum atomic E-state index is 11.2. The van der Waals surface area contributed by atoms with Crippen LogP contribution in [0, 0.1) is 11.8 Å². The molecule has 0 saturated carbocycles. The van der Waals surface area contributed by atoms with Crippen LogP contribution < -0.4 is 0 Å². The van der Waals surface area contributed by atoms with Crippen LogP contribution in [-0.4, -0.2) is 16.1 Å². The molecule has 2 aromatic carbocycles. The first-order valence-corrected chi connectivity index (χ1v) is 7.88. The predicted molar refractivity (Wildman–Crippen MR) is 94.8 cm³/mol. The Morgan fingerprint density at radius 2 is 1.79 bits per heavy atom.